The Morgan fingerprint density at radius 3 is 2.30 bits per heavy atom. The fourth-order valence-corrected chi connectivity index (χ4v) is 2.07. The lowest BCUT2D eigenvalue weighted by Crippen LogP contribution is -2.54. The van der Waals surface area contributed by atoms with Gasteiger partial charge in [0.25, 0.3) is 0 Å². The normalized spacial score (nSPS) is 32.0. The first kappa shape index (κ1) is 15.2. The second kappa shape index (κ2) is 6.49. The quantitative estimate of drug-likeness (QED) is 0.475. The second-order valence-corrected chi connectivity index (χ2v) is 4.62. The Hall–Kier alpha value is -1.22. The first-order valence-electron chi connectivity index (χ1n) is 6.24. The van der Waals surface area contributed by atoms with E-state index in [1.807, 2.05) is 0 Å². The summed E-state index contributed by atoms with van der Waals surface area (Å²) >= 11 is 0. The van der Waals surface area contributed by atoms with Crippen molar-refractivity contribution in [3.63, 3.8) is 0 Å². The van der Waals surface area contributed by atoms with E-state index in [-0.39, 0.29) is 5.75 Å². The zero-order valence-corrected chi connectivity index (χ0v) is 10.7. The van der Waals surface area contributed by atoms with Crippen LogP contribution in [0.2, 0.25) is 0 Å². The lowest BCUT2D eigenvalue weighted by molar-refractivity contribution is -0.310. The number of aromatic hydroxyl groups is 1. The van der Waals surface area contributed by atoms with E-state index in [1.54, 1.807) is 12.1 Å². The van der Waals surface area contributed by atoms with Crippen LogP contribution in [0.5, 0.6) is 5.75 Å². The minimum atomic E-state index is -1.29. The van der Waals surface area contributed by atoms with E-state index in [0.29, 0.717) is 5.56 Å². The standard InChI is InChI=1S/C13H18O7/c14-5-9(17)12-11(18)10(6-15)19-13(20-12)7-1-3-8(16)4-2-7/h1-4,9-18H,5-6H2/t9-,10+,11-,12-,13?/m0/s1. The maximum Gasteiger partial charge on any atom is 0.184 e. The van der Waals surface area contributed by atoms with Gasteiger partial charge in [-0.05, 0) is 12.1 Å². The molecule has 1 fully saturated rings. The molecule has 2 rings (SSSR count). The highest BCUT2D eigenvalue weighted by Crippen LogP contribution is 2.32. The van der Waals surface area contributed by atoms with Crippen molar-refractivity contribution >= 4 is 0 Å². The van der Waals surface area contributed by atoms with Crippen molar-refractivity contribution in [2.75, 3.05) is 13.2 Å². The smallest absolute Gasteiger partial charge is 0.184 e. The van der Waals surface area contributed by atoms with Crippen molar-refractivity contribution in [3.8, 4) is 5.75 Å². The molecule has 0 amide bonds. The summed E-state index contributed by atoms with van der Waals surface area (Å²) in [5.74, 6) is 0.0789. The molecule has 1 unspecified atom stereocenters. The molecule has 0 saturated carbocycles. The van der Waals surface area contributed by atoms with Crippen LogP contribution in [0.25, 0.3) is 0 Å². The largest absolute Gasteiger partial charge is 0.508 e. The number of hydrogen-bond acceptors (Lipinski definition) is 7. The van der Waals surface area contributed by atoms with Crippen LogP contribution in [-0.4, -0.2) is 63.2 Å². The Morgan fingerprint density at radius 2 is 1.75 bits per heavy atom. The predicted octanol–water partition coefficient (Wildman–Crippen LogP) is -1.12. The summed E-state index contributed by atoms with van der Waals surface area (Å²) in [5, 5.41) is 47.0. The SMILES string of the molecule is OC[C@H](O)[C@@H]1OC(c2ccc(O)cc2)O[C@H](CO)[C@@H]1O. The molecule has 7 nitrogen and oxygen atoms in total. The summed E-state index contributed by atoms with van der Waals surface area (Å²) in [4.78, 5) is 0. The van der Waals surface area contributed by atoms with Crippen molar-refractivity contribution < 1.29 is 35.0 Å². The van der Waals surface area contributed by atoms with Crippen LogP contribution in [0.1, 0.15) is 11.9 Å². The highest BCUT2D eigenvalue weighted by molar-refractivity contribution is 5.26. The van der Waals surface area contributed by atoms with E-state index in [2.05, 4.69) is 0 Å². The summed E-state index contributed by atoms with van der Waals surface area (Å²) in [6.45, 7) is -1.03. The fraction of sp³-hybridized carbons (Fsp3) is 0.538. The number of benzene rings is 1. The summed E-state index contributed by atoms with van der Waals surface area (Å²) < 4.78 is 10.8. The molecular formula is C13H18O7. The summed E-state index contributed by atoms with van der Waals surface area (Å²) in [6, 6.07) is 6.01. The molecule has 1 saturated heterocycles. The van der Waals surface area contributed by atoms with Gasteiger partial charge in [0, 0.05) is 5.56 Å². The lowest BCUT2D eigenvalue weighted by Gasteiger charge is -2.40. The molecule has 0 spiro atoms. The molecule has 112 valence electrons. The van der Waals surface area contributed by atoms with Crippen LogP contribution in [0, 0.1) is 0 Å². The number of hydrogen-bond donors (Lipinski definition) is 5. The van der Waals surface area contributed by atoms with Crippen molar-refractivity contribution in [1.82, 2.24) is 0 Å². The molecule has 5 atom stereocenters. The lowest BCUT2D eigenvalue weighted by atomic mass is 10.0. The summed E-state index contributed by atoms with van der Waals surface area (Å²) in [7, 11) is 0. The van der Waals surface area contributed by atoms with Gasteiger partial charge in [-0.15, -0.1) is 0 Å². The molecule has 20 heavy (non-hydrogen) atoms. The number of phenols is 1. The van der Waals surface area contributed by atoms with Gasteiger partial charge < -0.3 is 35.0 Å². The molecule has 0 radical (unpaired) electrons. The maximum absolute atomic E-state index is 9.92. The van der Waals surface area contributed by atoms with Gasteiger partial charge in [-0.1, -0.05) is 12.1 Å². The highest BCUT2D eigenvalue weighted by Gasteiger charge is 2.42. The molecule has 1 heterocycles. The van der Waals surface area contributed by atoms with Crippen LogP contribution >= 0.6 is 0 Å². The van der Waals surface area contributed by atoms with E-state index in [9.17, 15) is 20.4 Å². The van der Waals surface area contributed by atoms with E-state index in [4.69, 9.17) is 14.6 Å². The number of aliphatic hydroxyl groups is 4. The molecule has 1 aromatic rings. The Balaban J connectivity index is 2.19. The third-order valence-corrected chi connectivity index (χ3v) is 3.21. The zero-order chi connectivity index (χ0) is 14.7. The van der Waals surface area contributed by atoms with E-state index >= 15 is 0 Å². The number of aliphatic hydroxyl groups excluding tert-OH is 4. The van der Waals surface area contributed by atoms with Gasteiger partial charge in [0.15, 0.2) is 6.29 Å². The van der Waals surface area contributed by atoms with Gasteiger partial charge in [0.1, 0.15) is 30.2 Å². The van der Waals surface area contributed by atoms with Gasteiger partial charge in [-0.2, -0.15) is 0 Å². The molecule has 1 aliphatic heterocycles. The van der Waals surface area contributed by atoms with Crippen molar-refractivity contribution in [3.05, 3.63) is 29.8 Å². The summed E-state index contributed by atoms with van der Waals surface area (Å²) in [5.41, 5.74) is 0.559. The first-order valence-corrected chi connectivity index (χ1v) is 6.24. The molecule has 1 aliphatic rings. The fourth-order valence-electron chi connectivity index (χ4n) is 2.07. The maximum atomic E-state index is 9.92. The molecule has 7 heteroatoms. The molecule has 0 aromatic heterocycles. The van der Waals surface area contributed by atoms with Gasteiger partial charge in [0.2, 0.25) is 0 Å². The number of rotatable bonds is 4. The topological polar surface area (TPSA) is 120 Å². The van der Waals surface area contributed by atoms with Crippen molar-refractivity contribution in [1.29, 1.82) is 0 Å². The van der Waals surface area contributed by atoms with Crippen LogP contribution in [-0.2, 0) is 9.47 Å². The average Bonchev–Trinajstić information content (AvgIpc) is 2.47. The first-order chi connectivity index (χ1) is 9.56. The highest BCUT2D eigenvalue weighted by atomic mass is 16.7. The Bertz CT molecular complexity index is 421. The minimum Gasteiger partial charge on any atom is -0.508 e. The molecule has 0 bridgehead atoms. The molecule has 1 aromatic carbocycles. The third-order valence-electron chi connectivity index (χ3n) is 3.21. The average molecular weight is 286 g/mol. The third kappa shape index (κ3) is 3.09. The van der Waals surface area contributed by atoms with Crippen LogP contribution < -0.4 is 0 Å². The van der Waals surface area contributed by atoms with Gasteiger partial charge in [-0.25, -0.2) is 0 Å². The zero-order valence-electron chi connectivity index (χ0n) is 10.7. The van der Waals surface area contributed by atoms with Crippen molar-refractivity contribution in [2.45, 2.75) is 30.7 Å². The van der Waals surface area contributed by atoms with Gasteiger partial charge in [0.05, 0.1) is 13.2 Å². The Morgan fingerprint density at radius 1 is 1.10 bits per heavy atom. The van der Waals surface area contributed by atoms with Crippen LogP contribution in [0.4, 0.5) is 0 Å². The molecule has 5 N–H and O–H groups in total. The van der Waals surface area contributed by atoms with E-state index < -0.39 is 43.9 Å². The molecular weight excluding hydrogens is 268 g/mol. The summed E-state index contributed by atoms with van der Waals surface area (Å²) in [6.07, 6.45) is -5.47. The van der Waals surface area contributed by atoms with Gasteiger partial charge >= 0.3 is 0 Å². The Kier molecular flexibility index (Phi) is 4.92. The van der Waals surface area contributed by atoms with E-state index in [1.165, 1.54) is 12.1 Å². The second-order valence-electron chi connectivity index (χ2n) is 4.62. The predicted molar refractivity (Wildman–Crippen MR) is 66.8 cm³/mol. The minimum absolute atomic E-state index is 0.0789. The number of ether oxygens (including phenoxy) is 2. The van der Waals surface area contributed by atoms with Crippen molar-refractivity contribution in [2.24, 2.45) is 0 Å². The van der Waals surface area contributed by atoms with Gasteiger partial charge in [-0.3, -0.25) is 0 Å². The monoisotopic (exact) mass is 286 g/mol. The van der Waals surface area contributed by atoms with Crippen LogP contribution in [0.3, 0.4) is 0 Å². The Labute approximate surface area is 115 Å². The number of phenolic OH excluding ortho intramolecular Hbond substituents is 1. The van der Waals surface area contributed by atoms with E-state index in [0.717, 1.165) is 0 Å². The van der Waals surface area contributed by atoms with Crippen LogP contribution in [0.15, 0.2) is 24.3 Å². The molecule has 0 aliphatic carbocycles.